The Morgan fingerprint density at radius 2 is 1.59 bits per heavy atom. The van der Waals surface area contributed by atoms with Crippen LogP contribution >= 0.6 is 0 Å². The van der Waals surface area contributed by atoms with Crippen molar-refractivity contribution in [3.05, 3.63) is 54.2 Å². The van der Waals surface area contributed by atoms with Crippen molar-refractivity contribution in [2.45, 2.75) is 56.3 Å². The zero-order valence-corrected chi connectivity index (χ0v) is 23.7. The number of aliphatic imine (C=N–C) groups is 1. The summed E-state index contributed by atoms with van der Waals surface area (Å²) in [5.74, 6) is -5.49. The van der Waals surface area contributed by atoms with Crippen molar-refractivity contribution in [3.8, 4) is 0 Å². The van der Waals surface area contributed by atoms with Gasteiger partial charge in [0, 0.05) is 48.4 Å². The number of carboxylic acid groups (broad SMARTS) is 2. The van der Waals surface area contributed by atoms with Gasteiger partial charge in [-0.1, -0.05) is 18.2 Å². The van der Waals surface area contributed by atoms with E-state index in [1.54, 1.807) is 12.3 Å². The number of hydrogen-bond donors (Lipinski definition) is 10. The molecular formula is C27H36N10O7. The standard InChI is InChI=1S/C27H36N10O7/c28-17(5-3-7-32-27(29)30)23(40)35-19(8-14-11-33-18-6-2-1-4-16(14)18)24(41)36-20(10-22(38)39)25(42)37-21(26(43)44)9-15-12-31-13-34-15/h1-2,4,6,11-13,17,19-21,33H,3,5,7-10,28H2,(H,31,34)(H,35,40)(H,36,41)(H,37,42)(H,38,39)(H,43,44)(H4,29,30,32). The van der Waals surface area contributed by atoms with Gasteiger partial charge in [0.1, 0.15) is 18.1 Å². The second-order valence-electron chi connectivity index (χ2n) is 10.0. The van der Waals surface area contributed by atoms with Gasteiger partial charge in [0.15, 0.2) is 5.96 Å². The number of nitrogens with zero attached hydrogens (tertiary/aromatic N) is 2. The topological polar surface area (TPSA) is 297 Å². The predicted octanol–water partition coefficient (Wildman–Crippen LogP) is -1.93. The fourth-order valence-corrected chi connectivity index (χ4v) is 4.40. The molecule has 0 bridgehead atoms. The number of rotatable bonds is 17. The molecule has 0 aliphatic heterocycles. The number of nitrogens with two attached hydrogens (primary N) is 3. The number of aliphatic carboxylic acids is 2. The zero-order chi connectivity index (χ0) is 32.2. The monoisotopic (exact) mass is 612 g/mol. The Labute approximate surface area is 251 Å². The molecule has 1 aromatic carbocycles. The average Bonchev–Trinajstić information content (AvgIpc) is 3.63. The minimum Gasteiger partial charge on any atom is -0.481 e. The summed E-state index contributed by atoms with van der Waals surface area (Å²) in [7, 11) is 0. The molecule has 3 amide bonds. The van der Waals surface area contributed by atoms with Crippen LogP contribution in [0.1, 0.15) is 30.5 Å². The van der Waals surface area contributed by atoms with Crippen LogP contribution in [0.5, 0.6) is 0 Å². The molecule has 0 saturated heterocycles. The summed E-state index contributed by atoms with van der Waals surface area (Å²) in [5, 5.41) is 27.1. The first-order chi connectivity index (χ1) is 20.9. The van der Waals surface area contributed by atoms with E-state index in [0.29, 0.717) is 17.7 Å². The van der Waals surface area contributed by atoms with Crippen molar-refractivity contribution in [3.63, 3.8) is 0 Å². The van der Waals surface area contributed by atoms with Gasteiger partial charge < -0.3 is 53.3 Å². The molecule has 3 aromatic rings. The van der Waals surface area contributed by atoms with E-state index in [2.05, 4.69) is 35.9 Å². The fourth-order valence-electron chi connectivity index (χ4n) is 4.40. The van der Waals surface area contributed by atoms with Crippen molar-refractivity contribution >= 4 is 46.5 Å². The smallest absolute Gasteiger partial charge is 0.326 e. The van der Waals surface area contributed by atoms with Crippen LogP contribution in [0.4, 0.5) is 0 Å². The number of hydrogen-bond acceptors (Lipinski definition) is 8. The van der Waals surface area contributed by atoms with Crippen molar-refractivity contribution in [1.29, 1.82) is 0 Å². The number of aromatic nitrogens is 3. The fraction of sp³-hybridized carbons (Fsp3) is 0.370. The van der Waals surface area contributed by atoms with Gasteiger partial charge >= 0.3 is 11.9 Å². The zero-order valence-electron chi connectivity index (χ0n) is 23.7. The molecule has 13 N–H and O–H groups in total. The van der Waals surface area contributed by atoms with Gasteiger partial charge in [-0.3, -0.25) is 24.2 Å². The molecule has 4 atom stereocenters. The Bertz CT molecular complexity index is 1480. The van der Waals surface area contributed by atoms with Crippen molar-refractivity contribution < 1.29 is 34.2 Å². The molecular weight excluding hydrogens is 576 g/mol. The Kier molecular flexibility index (Phi) is 11.8. The van der Waals surface area contributed by atoms with Crippen LogP contribution in [-0.2, 0) is 36.8 Å². The lowest BCUT2D eigenvalue weighted by atomic mass is 10.0. The third kappa shape index (κ3) is 9.83. The first-order valence-electron chi connectivity index (χ1n) is 13.6. The molecule has 0 saturated carbocycles. The summed E-state index contributed by atoms with van der Waals surface area (Å²) in [6, 6.07) is 1.84. The molecule has 0 fully saturated rings. The maximum Gasteiger partial charge on any atom is 0.326 e. The second kappa shape index (κ2) is 15.7. The molecule has 17 heteroatoms. The van der Waals surface area contributed by atoms with Gasteiger partial charge in [-0.2, -0.15) is 0 Å². The van der Waals surface area contributed by atoms with Gasteiger partial charge in [0.25, 0.3) is 0 Å². The minimum atomic E-state index is -1.67. The quantitative estimate of drug-likeness (QED) is 0.0455. The van der Waals surface area contributed by atoms with Crippen molar-refractivity contribution in [1.82, 2.24) is 30.9 Å². The van der Waals surface area contributed by atoms with Crippen LogP contribution in [0.2, 0.25) is 0 Å². The molecule has 0 spiro atoms. The van der Waals surface area contributed by atoms with Crippen molar-refractivity contribution in [2.24, 2.45) is 22.2 Å². The molecule has 0 aliphatic carbocycles. The lowest BCUT2D eigenvalue weighted by Crippen LogP contribution is -2.58. The molecule has 2 aromatic heterocycles. The Hall–Kier alpha value is -5.45. The van der Waals surface area contributed by atoms with Crippen LogP contribution in [-0.4, -0.2) is 91.5 Å². The highest BCUT2D eigenvalue weighted by atomic mass is 16.4. The largest absolute Gasteiger partial charge is 0.481 e. The third-order valence-electron chi connectivity index (χ3n) is 6.64. The first kappa shape index (κ1) is 33.1. The molecule has 2 heterocycles. The summed E-state index contributed by atoms with van der Waals surface area (Å²) in [6.07, 6.45) is 3.89. The van der Waals surface area contributed by atoms with E-state index in [0.717, 1.165) is 10.9 Å². The van der Waals surface area contributed by atoms with Gasteiger partial charge in [-0.15, -0.1) is 0 Å². The van der Waals surface area contributed by atoms with Gasteiger partial charge in [-0.05, 0) is 24.5 Å². The number of benzene rings is 1. The Morgan fingerprint density at radius 1 is 0.909 bits per heavy atom. The Morgan fingerprint density at radius 3 is 2.25 bits per heavy atom. The first-order valence-corrected chi connectivity index (χ1v) is 13.6. The van der Waals surface area contributed by atoms with Crippen molar-refractivity contribution in [2.75, 3.05) is 6.54 Å². The number of guanidine groups is 1. The third-order valence-corrected chi connectivity index (χ3v) is 6.64. The molecule has 0 aliphatic rings. The normalized spacial score (nSPS) is 13.7. The lowest BCUT2D eigenvalue weighted by Gasteiger charge is -2.24. The molecule has 0 radical (unpaired) electrons. The summed E-state index contributed by atoms with van der Waals surface area (Å²) < 4.78 is 0. The minimum absolute atomic E-state index is 0.0404. The number of imidazole rings is 1. The van der Waals surface area contributed by atoms with Crippen LogP contribution in [0.25, 0.3) is 10.9 Å². The number of H-pyrrole nitrogens is 2. The number of para-hydroxylation sites is 1. The summed E-state index contributed by atoms with van der Waals surface area (Å²) >= 11 is 0. The van der Waals surface area contributed by atoms with Crippen LogP contribution in [0, 0.1) is 0 Å². The van der Waals surface area contributed by atoms with Gasteiger partial charge in [0.2, 0.25) is 17.7 Å². The number of carboxylic acids is 2. The van der Waals surface area contributed by atoms with E-state index in [4.69, 9.17) is 17.2 Å². The molecule has 4 unspecified atom stereocenters. The number of amides is 3. The summed E-state index contributed by atoms with van der Waals surface area (Å²) in [6.45, 7) is 0.242. The highest BCUT2D eigenvalue weighted by Gasteiger charge is 2.32. The summed E-state index contributed by atoms with van der Waals surface area (Å²) in [5.41, 5.74) is 18.5. The second-order valence-corrected chi connectivity index (χ2v) is 10.0. The number of carbonyl (C=O) groups is 5. The molecule has 44 heavy (non-hydrogen) atoms. The maximum absolute atomic E-state index is 13.5. The molecule has 3 rings (SSSR count). The number of aromatic amines is 2. The highest BCUT2D eigenvalue weighted by Crippen LogP contribution is 2.19. The van der Waals surface area contributed by atoms with Gasteiger partial charge in [-0.25, -0.2) is 9.78 Å². The van der Waals surface area contributed by atoms with Crippen LogP contribution in [0.15, 0.2) is 48.0 Å². The van der Waals surface area contributed by atoms with Crippen LogP contribution in [0.3, 0.4) is 0 Å². The van der Waals surface area contributed by atoms with E-state index in [-0.39, 0.29) is 31.8 Å². The van der Waals surface area contributed by atoms with E-state index in [1.807, 2.05) is 18.2 Å². The number of fused-ring (bicyclic) bond motifs is 1. The maximum atomic E-state index is 13.5. The molecule has 236 valence electrons. The number of carbonyl (C=O) groups excluding carboxylic acids is 3. The lowest BCUT2D eigenvalue weighted by molar-refractivity contribution is -0.143. The van der Waals surface area contributed by atoms with Gasteiger partial charge in [0.05, 0.1) is 18.8 Å². The highest BCUT2D eigenvalue weighted by molar-refractivity contribution is 5.96. The Balaban J connectivity index is 1.79. The molecule has 17 nitrogen and oxygen atoms in total. The number of nitrogens with one attached hydrogen (secondary N) is 5. The van der Waals surface area contributed by atoms with E-state index >= 15 is 0 Å². The predicted molar refractivity (Wildman–Crippen MR) is 158 cm³/mol. The summed E-state index contributed by atoms with van der Waals surface area (Å²) in [4.78, 5) is 76.5. The van der Waals surface area contributed by atoms with E-state index in [9.17, 15) is 34.2 Å². The SMILES string of the molecule is NC(N)=NCCCC(N)C(=O)NC(Cc1c[nH]c2ccccc12)C(=O)NC(CC(=O)O)C(=O)NC(Cc1cnc[nH]1)C(=O)O. The van der Waals surface area contributed by atoms with E-state index < -0.39 is 60.2 Å². The van der Waals surface area contributed by atoms with Crippen LogP contribution < -0.4 is 33.2 Å². The average molecular weight is 613 g/mol. The van der Waals surface area contributed by atoms with E-state index in [1.165, 1.54) is 12.5 Å².